The van der Waals surface area contributed by atoms with E-state index in [1.54, 1.807) is 6.07 Å². The standard InChI is InChI=1S/C17H20N2OS/c1-10(2)14-6-5-11(3)7-15(14)20-16-9-13(17(18)21)8-12(4)19-16/h5-10H,1-4H3,(H2,18,21). The van der Waals surface area contributed by atoms with Crippen LogP contribution in [0.25, 0.3) is 0 Å². The Morgan fingerprint density at radius 2 is 1.90 bits per heavy atom. The molecular weight excluding hydrogens is 280 g/mol. The van der Waals surface area contributed by atoms with E-state index < -0.39 is 0 Å². The summed E-state index contributed by atoms with van der Waals surface area (Å²) in [5, 5.41) is 0. The van der Waals surface area contributed by atoms with Gasteiger partial charge in [0, 0.05) is 17.3 Å². The van der Waals surface area contributed by atoms with Gasteiger partial charge >= 0.3 is 0 Å². The molecule has 0 amide bonds. The Morgan fingerprint density at radius 3 is 2.52 bits per heavy atom. The summed E-state index contributed by atoms with van der Waals surface area (Å²) in [4.78, 5) is 4.75. The third kappa shape index (κ3) is 3.79. The molecule has 4 heteroatoms. The lowest BCUT2D eigenvalue weighted by Crippen LogP contribution is -2.10. The molecule has 0 aliphatic rings. The Hall–Kier alpha value is -1.94. The van der Waals surface area contributed by atoms with Crippen LogP contribution in [0.1, 0.15) is 42.1 Å². The molecular formula is C17H20N2OS. The van der Waals surface area contributed by atoms with Gasteiger partial charge < -0.3 is 10.5 Å². The highest BCUT2D eigenvalue weighted by atomic mass is 32.1. The summed E-state index contributed by atoms with van der Waals surface area (Å²) in [6, 6.07) is 9.85. The average Bonchev–Trinajstić information content (AvgIpc) is 2.37. The summed E-state index contributed by atoms with van der Waals surface area (Å²) in [5.41, 5.74) is 9.60. The zero-order valence-corrected chi connectivity index (χ0v) is 13.6. The summed E-state index contributed by atoms with van der Waals surface area (Å²) in [5.74, 6) is 1.72. The molecule has 0 spiro atoms. The molecule has 110 valence electrons. The minimum Gasteiger partial charge on any atom is -0.439 e. The number of nitrogens with zero attached hydrogens (tertiary/aromatic N) is 1. The van der Waals surface area contributed by atoms with E-state index in [0.717, 1.165) is 28.1 Å². The zero-order chi connectivity index (χ0) is 15.6. The molecule has 3 nitrogen and oxygen atoms in total. The largest absolute Gasteiger partial charge is 0.439 e. The molecule has 0 atom stereocenters. The minimum atomic E-state index is 0.346. The van der Waals surface area contributed by atoms with Gasteiger partial charge in [-0.1, -0.05) is 38.2 Å². The van der Waals surface area contributed by atoms with Crippen LogP contribution in [0.2, 0.25) is 0 Å². The lowest BCUT2D eigenvalue weighted by atomic mass is 10.0. The molecule has 2 rings (SSSR count). The summed E-state index contributed by atoms with van der Waals surface area (Å²) >= 11 is 5.03. The number of benzene rings is 1. The summed E-state index contributed by atoms with van der Waals surface area (Å²) in [7, 11) is 0. The van der Waals surface area contributed by atoms with E-state index in [1.807, 2.05) is 26.0 Å². The molecule has 0 radical (unpaired) electrons. The molecule has 2 N–H and O–H groups in total. The van der Waals surface area contributed by atoms with Gasteiger partial charge in [-0.15, -0.1) is 0 Å². The maximum atomic E-state index is 6.00. The van der Waals surface area contributed by atoms with E-state index in [1.165, 1.54) is 0 Å². The smallest absolute Gasteiger partial charge is 0.220 e. The number of hydrogen-bond donors (Lipinski definition) is 1. The first kappa shape index (κ1) is 15.4. The van der Waals surface area contributed by atoms with Crippen LogP contribution in [-0.2, 0) is 0 Å². The van der Waals surface area contributed by atoms with Gasteiger partial charge in [-0.05, 0) is 43.0 Å². The van der Waals surface area contributed by atoms with Crippen molar-refractivity contribution in [3.05, 3.63) is 52.7 Å². The van der Waals surface area contributed by atoms with Crippen molar-refractivity contribution in [1.82, 2.24) is 4.98 Å². The molecule has 0 fully saturated rings. The first-order valence-corrected chi connectivity index (χ1v) is 7.34. The monoisotopic (exact) mass is 300 g/mol. The maximum absolute atomic E-state index is 6.00. The van der Waals surface area contributed by atoms with Crippen LogP contribution >= 0.6 is 12.2 Å². The van der Waals surface area contributed by atoms with Crippen molar-refractivity contribution in [2.45, 2.75) is 33.6 Å². The highest BCUT2D eigenvalue weighted by molar-refractivity contribution is 7.80. The second-order valence-electron chi connectivity index (χ2n) is 5.50. The van der Waals surface area contributed by atoms with Crippen molar-refractivity contribution in [1.29, 1.82) is 0 Å². The van der Waals surface area contributed by atoms with Gasteiger partial charge in [0.05, 0.1) is 0 Å². The third-order valence-corrected chi connectivity index (χ3v) is 3.46. The van der Waals surface area contributed by atoms with Crippen LogP contribution in [0.5, 0.6) is 11.6 Å². The van der Waals surface area contributed by atoms with Gasteiger partial charge in [-0.25, -0.2) is 4.98 Å². The highest BCUT2D eigenvalue weighted by Gasteiger charge is 2.11. The number of thiocarbonyl (C=S) groups is 1. The normalized spacial score (nSPS) is 10.7. The van der Waals surface area contributed by atoms with Gasteiger partial charge in [0.15, 0.2) is 0 Å². The van der Waals surface area contributed by atoms with E-state index in [0.29, 0.717) is 16.8 Å². The van der Waals surface area contributed by atoms with Crippen molar-refractivity contribution < 1.29 is 4.74 Å². The van der Waals surface area contributed by atoms with E-state index in [-0.39, 0.29) is 0 Å². The summed E-state index contributed by atoms with van der Waals surface area (Å²) in [6.07, 6.45) is 0. The fourth-order valence-corrected chi connectivity index (χ4v) is 2.27. The Labute approximate surface area is 131 Å². The lowest BCUT2D eigenvalue weighted by Gasteiger charge is -2.15. The second kappa shape index (κ2) is 6.22. The van der Waals surface area contributed by atoms with Gasteiger partial charge in [-0.3, -0.25) is 0 Å². The van der Waals surface area contributed by atoms with E-state index >= 15 is 0 Å². The molecule has 1 aromatic carbocycles. The van der Waals surface area contributed by atoms with Crippen molar-refractivity contribution >= 4 is 17.2 Å². The molecule has 21 heavy (non-hydrogen) atoms. The van der Waals surface area contributed by atoms with Gasteiger partial charge in [-0.2, -0.15) is 0 Å². The van der Waals surface area contributed by atoms with Crippen LogP contribution in [0.4, 0.5) is 0 Å². The second-order valence-corrected chi connectivity index (χ2v) is 5.94. The van der Waals surface area contributed by atoms with Crippen molar-refractivity contribution in [3.63, 3.8) is 0 Å². The summed E-state index contributed by atoms with van der Waals surface area (Å²) in [6.45, 7) is 8.22. The molecule has 0 saturated heterocycles. The maximum Gasteiger partial charge on any atom is 0.220 e. The third-order valence-electron chi connectivity index (χ3n) is 3.22. The van der Waals surface area contributed by atoms with Crippen LogP contribution in [0.3, 0.4) is 0 Å². The predicted octanol–water partition coefficient (Wildman–Crippen LogP) is 4.25. The van der Waals surface area contributed by atoms with Crippen LogP contribution in [-0.4, -0.2) is 9.97 Å². The topological polar surface area (TPSA) is 48.1 Å². The summed E-state index contributed by atoms with van der Waals surface area (Å²) < 4.78 is 6.00. The van der Waals surface area contributed by atoms with Crippen molar-refractivity contribution in [2.24, 2.45) is 5.73 Å². The predicted molar refractivity (Wildman–Crippen MR) is 90.2 cm³/mol. The average molecular weight is 300 g/mol. The molecule has 1 heterocycles. The van der Waals surface area contributed by atoms with E-state index in [4.69, 9.17) is 22.7 Å². The highest BCUT2D eigenvalue weighted by Crippen LogP contribution is 2.31. The van der Waals surface area contributed by atoms with Gasteiger partial charge in [0.1, 0.15) is 10.7 Å². The quantitative estimate of drug-likeness (QED) is 0.858. The zero-order valence-electron chi connectivity index (χ0n) is 12.8. The number of nitrogens with two attached hydrogens (primary N) is 1. The number of hydrogen-bond acceptors (Lipinski definition) is 3. The first-order chi connectivity index (χ1) is 9.86. The van der Waals surface area contributed by atoms with Crippen LogP contribution in [0.15, 0.2) is 30.3 Å². The van der Waals surface area contributed by atoms with Gasteiger partial charge in [0.25, 0.3) is 0 Å². The molecule has 0 unspecified atom stereocenters. The number of rotatable bonds is 4. The fraction of sp³-hybridized carbons (Fsp3) is 0.294. The van der Waals surface area contributed by atoms with Crippen LogP contribution < -0.4 is 10.5 Å². The minimum absolute atomic E-state index is 0.346. The molecule has 0 aliphatic heterocycles. The lowest BCUT2D eigenvalue weighted by molar-refractivity contribution is 0.453. The van der Waals surface area contributed by atoms with Crippen molar-refractivity contribution in [2.75, 3.05) is 0 Å². The molecule has 0 aliphatic carbocycles. The van der Waals surface area contributed by atoms with E-state index in [9.17, 15) is 0 Å². The molecule has 2 aromatic rings. The Morgan fingerprint density at radius 1 is 1.19 bits per heavy atom. The number of ether oxygens (including phenoxy) is 1. The Balaban J connectivity index is 2.42. The van der Waals surface area contributed by atoms with Crippen molar-refractivity contribution in [3.8, 4) is 11.6 Å². The van der Waals surface area contributed by atoms with E-state index in [2.05, 4.69) is 31.0 Å². The molecule has 0 bridgehead atoms. The molecule has 1 aromatic heterocycles. The number of aromatic nitrogens is 1. The SMILES string of the molecule is Cc1ccc(C(C)C)c(Oc2cc(C(N)=S)cc(C)n2)c1. The van der Waals surface area contributed by atoms with Gasteiger partial charge in [0.2, 0.25) is 5.88 Å². The van der Waals surface area contributed by atoms with Crippen LogP contribution in [0, 0.1) is 13.8 Å². The first-order valence-electron chi connectivity index (χ1n) is 6.93. The number of pyridine rings is 1. The Bertz CT molecular complexity index is 680. The number of aryl methyl sites for hydroxylation is 2. The molecule has 0 saturated carbocycles. The fourth-order valence-electron chi connectivity index (χ4n) is 2.15. The Kier molecular flexibility index (Phi) is 4.58.